The average molecular weight is 484 g/mol. The van der Waals surface area contributed by atoms with Crippen molar-refractivity contribution >= 4 is 67.8 Å². The van der Waals surface area contributed by atoms with Gasteiger partial charge in [-0.25, -0.2) is 9.29 Å². The zero-order chi connectivity index (χ0) is 22.7. The van der Waals surface area contributed by atoms with Gasteiger partial charge in [-0.15, -0.1) is 22.9 Å². The van der Waals surface area contributed by atoms with Crippen molar-refractivity contribution in [2.75, 3.05) is 24.9 Å². The third-order valence-corrected chi connectivity index (χ3v) is 5.21. The number of anilines is 1. The van der Waals surface area contributed by atoms with Crippen molar-refractivity contribution in [3.8, 4) is 0 Å². The fraction of sp³-hybridized carbons (Fsp3) is 0.385. The quantitative estimate of drug-likeness (QED) is 0.0759. The molecule has 1 aliphatic rings. The highest BCUT2D eigenvalue weighted by atomic mass is 35.5. The van der Waals surface area contributed by atoms with E-state index in [0.717, 1.165) is 25.4 Å². The van der Waals surface area contributed by atoms with Crippen LogP contribution in [0.1, 0.15) is 12.6 Å². The first kappa shape index (κ1) is 23.5. The number of thiazole rings is 1. The number of nitrogens with zero attached hydrogens (tertiary/aromatic N) is 3. The van der Waals surface area contributed by atoms with Gasteiger partial charge in [0.05, 0.1) is 0 Å². The third kappa shape index (κ3) is 5.02. The van der Waals surface area contributed by atoms with E-state index in [9.17, 15) is 27.6 Å². The molecule has 0 saturated carbocycles. The molecule has 0 unspecified atom stereocenters. The molecule has 1 aliphatic heterocycles. The van der Waals surface area contributed by atoms with Gasteiger partial charge >= 0.3 is 22.2 Å². The number of alkyl halides is 1. The topological polar surface area (TPSA) is 194 Å². The molecule has 0 aromatic carbocycles. The fourth-order valence-electron chi connectivity index (χ4n) is 2.21. The summed E-state index contributed by atoms with van der Waals surface area (Å²) in [5.41, 5.74) is -2.95. The van der Waals surface area contributed by atoms with Crippen molar-refractivity contribution in [2.45, 2.75) is 12.6 Å². The number of amides is 3. The predicted octanol–water partition coefficient (Wildman–Crippen LogP) is -1.31. The molecule has 1 atom stereocenters. The molecule has 0 spiro atoms. The van der Waals surface area contributed by atoms with Crippen molar-refractivity contribution in [1.82, 2.24) is 14.6 Å². The van der Waals surface area contributed by atoms with Gasteiger partial charge < -0.3 is 20.2 Å². The van der Waals surface area contributed by atoms with Crippen LogP contribution in [0.2, 0.25) is 0 Å². The maximum atomic E-state index is 12.7. The summed E-state index contributed by atoms with van der Waals surface area (Å²) in [6.45, 7) is 0.0536. The lowest BCUT2D eigenvalue weighted by atomic mass is 10.1. The van der Waals surface area contributed by atoms with E-state index in [1.807, 2.05) is 0 Å². The van der Waals surface area contributed by atoms with Gasteiger partial charge in [-0.2, -0.15) is 8.42 Å². The Bertz CT molecular complexity index is 1020. The molecule has 30 heavy (non-hydrogen) atoms. The number of oxime groups is 1. The molecular weight excluding hydrogens is 470 g/mol. The minimum absolute atomic E-state index is 0.00795. The average Bonchev–Trinajstić information content (AvgIpc) is 3.09. The smallest absolute Gasteiger partial charge is 0.362 e. The van der Waals surface area contributed by atoms with Gasteiger partial charge in [-0.3, -0.25) is 23.7 Å². The first-order valence-electron chi connectivity index (χ1n) is 7.68. The molecule has 0 bridgehead atoms. The molecule has 0 aliphatic carbocycles. The summed E-state index contributed by atoms with van der Waals surface area (Å²) in [5.74, 6) is -4.42. The Morgan fingerprint density at radius 3 is 2.63 bits per heavy atom. The van der Waals surface area contributed by atoms with E-state index in [2.05, 4.69) is 25.6 Å². The molecule has 164 valence electrons. The summed E-state index contributed by atoms with van der Waals surface area (Å²) in [4.78, 5) is 56.1. The maximum Gasteiger partial charge on any atom is 0.362 e. The number of nitrogens with one attached hydrogen (secondary N) is 2. The van der Waals surface area contributed by atoms with Crippen molar-refractivity contribution in [2.24, 2.45) is 5.16 Å². The van der Waals surface area contributed by atoms with E-state index in [0.29, 0.717) is 0 Å². The molecular formula is C13H14ClN5O9S2. The van der Waals surface area contributed by atoms with Gasteiger partial charge in [-0.1, -0.05) is 5.16 Å². The standard InChI is InChI=1S/C13H14ClN5O9S2/c1-6(20)28-13(5-19(11(13)23)30(24,25)26)17-10(22)9(18-27-2)7-4-29-12(15-7)16-8(21)3-14/h4H,3,5H2,1-2H3,(H,17,22)(H,15,16,21)(H,24,25,26)/t13-/m0/s1. The molecule has 17 heteroatoms. The number of ether oxygens (including phenoxy) is 1. The Morgan fingerprint density at radius 2 is 2.13 bits per heavy atom. The number of carbonyl (C=O) groups is 4. The molecule has 1 aromatic heterocycles. The van der Waals surface area contributed by atoms with Gasteiger partial charge in [0.15, 0.2) is 10.8 Å². The first-order chi connectivity index (χ1) is 13.9. The second-order valence-corrected chi connectivity index (χ2v) is 7.97. The minimum atomic E-state index is -4.93. The number of halogens is 1. The number of hydrogen-bond donors (Lipinski definition) is 3. The molecule has 3 N–H and O–H groups in total. The van der Waals surface area contributed by atoms with Crippen molar-refractivity contribution in [3.05, 3.63) is 11.1 Å². The van der Waals surface area contributed by atoms with Crippen LogP contribution in [0.4, 0.5) is 5.13 Å². The van der Waals surface area contributed by atoms with Crippen LogP contribution in [0.3, 0.4) is 0 Å². The number of rotatable bonds is 8. The van der Waals surface area contributed by atoms with Crippen molar-refractivity contribution < 1.29 is 41.7 Å². The first-order valence-corrected chi connectivity index (χ1v) is 10.5. The summed E-state index contributed by atoms with van der Waals surface area (Å²) >= 11 is 6.31. The highest BCUT2D eigenvalue weighted by Gasteiger charge is 2.61. The normalized spacial score (nSPS) is 19.0. The van der Waals surface area contributed by atoms with E-state index in [4.69, 9.17) is 20.9 Å². The fourth-order valence-corrected chi connectivity index (χ4v) is 3.69. The number of aromatic nitrogens is 1. The summed E-state index contributed by atoms with van der Waals surface area (Å²) in [5, 5.41) is 9.32. The molecule has 0 radical (unpaired) electrons. The van der Waals surface area contributed by atoms with Crippen LogP contribution in [0, 0.1) is 0 Å². The van der Waals surface area contributed by atoms with Crippen LogP contribution in [0.25, 0.3) is 0 Å². The largest absolute Gasteiger partial charge is 0.427 e. The summed E-state index contributed by atoms with van der Waals surface area (Å²) in [6.07, 6.45) is 0. The SMILES string of the molecule is CON=C(C(=O)N[C@]1(OC(C)=O)CN(S(=O)(=O)O)C1=O)c1csc(NC(=O)CCl)n1. The molecule has 3 amide bonds. The number of esters is 1. The zero-order valence-corrected chi connectivity index (χ0v) is 17.6. The molecule has 2 rings (SSSR count). The highest BCUT2D eigenvalue weighted by molar-refractivity contribution is 7.84. The van der Waals surface area contributed by atoms with Gasteiger partial charge in [0.25, 0.3) is 11.6 Å². The number of β-lactam (4-membered cyclic amide) rings is 1. The number of carbonyl (C=O) groups excluding carboxylic acids is 4. The maximum absolute atomic E-state index is 12.7. The summed E-state index contributed by atoms with van der Waals surface area (Å²) in [6, 6.07) is 0. The summed E-state index contributed by atoms with van der Waals surface area (Å²) < 4.78 is 36.1. The van der Waals surface area contributed by atoms with Gasteiger partial charge in [0.2, 0.25) is 5.91 Å². The Morgan fingerprint density at radius 1 is 1.47 bits per heavy atom. The second-order valence-electron chi connectivity index (χ2n) is 5.51. The van der Waals surface area contributed by atoms with Gasteiger partial charge in [0.1, 0.15) is 25.2 Å². The van der Waals surface area contributed by atoms with Crippen LogP contribution in [0.15, 0.2) is 10.5 Å². The van der Waals surface area contributed by atoms with E-state index >= 15 is 0 Å². The van der Waals surface area contributed by atoms with Gasteiger partial charge in [0, 0.05) is 12.3 Å². The van der Waals surface area contributed by atoms with Crippen molar-refractivity contribution in [1.29, 1.82) is 0 Å². The summed E-state index contributed by atoms with van der Waals surface area (Å²) in [7, 11) is -3.81. The molecule has 14 nitrogen and oxygen atoms in total. The molecule has 1 fully saturated rings. The van der Waals surface area contributed by atoms with E-state index in [-0.39, 0.29) is 21.0 Å². The monoisotopic (exact) mass is 483 g/mol. The second kappa shape index (κ2) is 8.90. The van der Waals surface area contributed by atoms with E-state index in [1.165, 1.54) is 5.38 Å². The minimum Gasteiger partial charge on any atom is -0.427 e. The van der Waals surface area contributed by atoms with Crippen molar-refractivity contribution in [3.63, 3.8) is 0 Å². The lowest BCUT2D eigenvalue weighted by Gasteiger charge is -2.44. The predicted molar refractivity (Wildman–Crippen MR) is 101 cm³/mol. The van der Waals surface area contributed by atoms with E-state index in [1.54, 1.807) is 0 Å². The Kier molecular flexibility index (Phi) is 6.96. The molecule has 1 saturated heterocycles. The van der Waals surface area contributed by atoms with E-state index < -0.39 is 52.0 Å². The third-order valence-electron chi connectivity index (χ3n) is 3.36. The Labute approximate surface area is 178 Å². The molecule has 2 heterocycles. The Balaban J connectivity index is 2.28. The zero-order valence-electron chi connectivity index (χ0n) is 15.2. The Hall–Kier alpha value is -2.82. The number of hydrogen-bond acceptors (Lipinski definition) is 11. The lowest BCUT2D eigenvalue weighted by Crippen LogP contribution is -2.77. The van der Waals surface area contributed by atoms with Gasteiger partial charge in [-0.05, 0) is 0 Å². The van der Waals surface area contributed by atoms with Crippen LogP contribution >= 0.6 is 22.9 Å². The molecule has 1 aromatic rings. The van der Waals surface area contributed by atoms with Crippen LogP contribution in [-0.2, 0) is 39.1 Å². The van der Waals surface area contributed by atoms with Crippen LogP contribution in [0.5, 0.6) is 0 Å². The highest BCUT2D eigenvalue weighted by Crippen LogP contribution is 2.27. The van der Waals surface area contributed by atoms with Crippen LogP contribution in [-0.4, -0.2) is 76.9 Å². The lowest BCUT2D eigenvalue weighted by molar-refractivity contribution is -0.191. The van der Waals surface area contributed by atoms with Crippen LogP contribution < -0.4 is 10.6 Å².